The number of alkyl halides is 3. The number of hydrogen-bond donors (Lipinski definition) is 7. The van der Waals surface area contributed by atoms with Gasteiger partial charge in [0.05, 0.1) is 18.3 Å². The summed E-state index contributed by atoms with van der Waals surface area (Å²) in [6.45, 7) is 1.48. The summed E-state index contributed by atoms with van der Waals surface area (Å²) in [4.78, 5) is 24.6. The number of aliphatic hydroxyl groups is 5. The van der Waals surface area contributed by atoms with Crippen molar-refractivity contribution in [3.05, 3.63) is 106 Å². The zero-order valence-electron chi connectivity index (χ0n) is 28.7. The number of halogens is 3. The highest BCUT2D eigenvalue weighted by atomic mass is 19.4. The zero-order chi connectivity index (χ0) is 38.0. The summed E-state index contributed by atoms with van der Waals surface area (Å²) in [5.41, 5.74) is 3.21. The molecule has 0 saturated carbocycles. The summed E-state index contributed by atoms with van der Waals surface area (Å²) in [6.07, 6.45) is -4.15. The Labute approximate surface area is 296 Å². The number of amides is 1. The standard InChI is InChI=1S/C31H30F3NO3.C7H17NO5/c1-2-3-4-5-6-23-7-9-24(10-8-23)11-12-25-13-15-26(16-14-25)21-35(29(36)30(37)38)22-27-17-19-28(20-18-27)31(32,33)34;1-8-2-4(10)6(12)7(13)5(11)3-9/h7-10,13-20H,2-6,21-22H2,1H3,(H,37,38);4-13H,2-3H2,1H3. The van der Waals surface area contributed by atoms with Gasteiger partial charge in [0.2, 0.25) is 0 Å². The van der Waals surface area contributed by atoms with Gasteiger partial charge in [-0.2, -0.15) is 13.2 Å². The van der Waals surface area contributed by atoms with Crippen molar-refractivity contribution in [3.63, 3.8) is 0 Å². The average Bonchev–Trinajstić information content (AvgIpc) is 3.12. The van der Waals surface area contributed by atoms with Crippen molar-refractivity contribution >= 4 is 11.9 Å². The fourth-order valence-corrected chi connectivity index (χ4v) is 4.82. The summed E-state index contributed by atoms with van der Waals surface area (Å²) in [7, 11) is 1.57. The molecule has 4 unspecified atom stereocenters. The van der Waals surface area contributed by atoms with E-state index >= 15 is 0 Å². The van der Waals surface area contributed by atoms with Crippen molar-refractivity contribution in [1.82, 2.24) is 10.2 Å². The molecule has 4 atom stereocenters. The Morgan fingerprint density at radius 3 is 1.65 bits per heavy atom. The Kier molecular flexibility index (Phi) is 18.3. The molecule has 1 amide bonds. The van der Waals surface area contributed by atoms with Crippen molar-refractivity contribution in [2.24, 2.45) is 0 Å². The zero-order valence-corrected chi connectivity index (χ0v) is 28.7. The molecule has 0 aromatic heterocycles. The number of carbonyl (C=O) groups is 2. The molecule has 0 aliphatic rings. The molecule has 10 nitrogen and oxygen atoms in total. The van der Waals surface area contributed by atoms with E-state index in [4.69, 9.17) is 20.4 Å². The number of benzene rings is 3. The summed E-state index contributed by atoms with van der Waals surface area (Å²) in [6, 6.07) is 19.6. The van der Waals surface area contributed by atoms with Crippen molar-refractivity contribution in [3.8, 4) is 11.8 Å². The number of aliphatic hydroxyl groups excluding tert-OH is 5. The van der Waals surface area contributed by atoms with E-state index in [1.807, 2.05) is 12.1 Å². The molecule has 3 aromatic rings. The molecular formula is C38H47F3N2O8. The van der Waals surface area contributed by atoms with Crippen molar-refractivity contribution in [1.29, 1.82) is 0 Å². The molecule has 3 aromatic carbocycles. The van der Waals surface area contributed by atoms with Crippen LogP contribution in [0.3, 0.4) is 0 Å². The van der Waals surface area contributed by atoms with Gasteiger partial charge in [-0.3, -0.25) is 4.79 Å². The third-order valence-corrected chi connectivity index (χ3v) is 7.82. The van der Waals surface area contributed by atoms with Gasteiger partial charge < -0.3 is 40.9 Å². The quantitative estimate of drug-likeness (QED) is 0.0707. The smallest absolute Gasteiger partial charge is 0.416 e. The molecule has 0 aliphatic carbocycles. The maximum Gasteiger partial charge on any atom is 0.416 e. The molecule has 7 N–H and O–H groups in total. The van der Waals surface area contributed by atoms with Crippen LogP contribution in [0.4, 0.5) is 13.2 Å². The molecule has 51 heavy (non-hydrogen) atoms. The lowest BCUT2D eigenvalue weighted by molar-refractivity contribution is -0.156. The second-order valence-electron chi connectivity index (χ2n) is 12.0. The van der Waals surface area contributed by atoms with E-state index in [0.29, 0.717) is 11.1 Å². The lowest BCUT2D eigenvalue weighted by atomic mass is 10.0. The number of nitrogens with zero attached hydrogens (tertiary/aromatic N) is 1. The first kappa shape index (κ1) is 42.9. The van der Waals surface area contributed by atoms with Crippen molar-refractivity contribution in [2.45, 2.75) is 82.7 Å². The van der Waals surface area contributed by atoms with Crippen LogP contribution in [0, 0.1) is 11.8 Å². The van der Waals surface area contributed by atoms with Crippen LogP contribution in [0.5, 0.6) is 0 Å². The van der Waals surface area contributed by atoms with E-state index in [1.165, 1.54) is 43.4 Å². The Morgan fingerprint density at radius 2 is 1.22 bits per heavy atom. The average molecular weight is 717 g/mol. The Bertz CT molecular complexity index is 1540. The molecule has 0 heterocycles. The largest absolute Gasteiger partial charge is 0.474 e. The minimum absolute atomic E-state index is 0.0143. The molecule has 13 heteroatoms. The molecule has 278 valence electrons. The van der Waals surface area contributed by atoms with E-state index in [0.717, 1.165) is 34.6 Å². The van der Waals surface area contributed by atoms with Gasteiger partial charge >= 0.3 is 18.1 Å². The molecule has 0 radical (unpaired) electrons. The monoisotopic (exact) mass is 716 g/mol. The summed E-state index contributed by atoms with van der Waals surface area (Å²) >= 11 is 0. The predicted molar refractivity (Wildman–Crippen MR) is 185 cm³/mol. The van der Waals surface area contributed by atoms with Gasteiger partial charge in [0.15, 0.2) is 0 Å². The molecular weight excluding hydrogens is 669 g/mol. The Morgan fingerprint density at radius 1 is 0.745 bits per heavy atom. The van der Waals surface area contributed by atoms with E-state index in [1.54, 1.807) is 31.3 Å². The summed E-state index contributed by atoms with van der Waals surface area (Å²) < 4.78 is 38.4. The lowest BCUT2D eigenvalue weighted by Crippen LogP contribution is -2.48. The van der Waals surface area contributed by atoms with Gasteiger partial charge in [-0.25, -0.2) is 4.79 Å². The highest BCUT2D eigenvalue weighted by Gasteiger charge is 2.31. The van der Waals surface area contributed by atoms with Gasteiger partial charge in [0.1, 0.15) is 18.3 Å². The minimum Gasteiger partial charge on any atom is -0.474 e. The highest BCUT2D eigenvalue weighted by molar-refractivity contribution is 6.31. The normalized spacial score (nSPS) is 13.5. The second kappa shape index (κ2) is 21.8. The van der Waals surface area contributed by atoms with Gasteiger partial charge in [0, 0.05) is 30.8 Å². The van der Waals surface area contributed by atoms with Crippen molar-refractivity contribution in [2.75, 3.05) is 20.2 Å². The topological polar surface area (TPSA) is 171 Å². The van der Waals surface area contributed by atoms with E-state index in [-0.39, 0.29) is 19.6 Å². The fourth-order valence-electron chi connectivity index (χ4n) is 4.82. The first-order valence-electron chi connectivity index (χ1n) is 16.6. The molecule has 0 fully saturated rings. The van der Waals surface area contributed by atoms with E-state index < -0.39 is 54.6 Å². The molecule has 0 saturated heterocycles. The minimum atomic E-state index is -4.48. The number of nitrogens with one attached hydrogen (secondary N) is 1. The summed E-state index contributed by atoms with van der Waals surface area (Å²) in [5, 5.41) is 56.7. The third kappa shape index (κ3) is 15.2. The summed E-state index contributed by atoms with van der Waals surface area (Å²) in [5.74, 6) is 3.47. The molecule has 0 aliphatic heterocycles. The molecule has 3 rings (SSSR count). The Balaban J connectivity index is 0.000000588. The van der Waals surface area contributed by atoms with Gasteiger partial charge in [-0.1, -0.05) is 74.4 Å². The second-order valence-corrected chi connectivity index (χ2v) is 12.0. The molecule has 0 spiro atoms. The highest BCUT2D eigenvalue weighted by Crippen LogP contribution is 2.29. The fraction of sp³-hybridized carbons (Fsp3) is 0.421. The number of carbonyl (C=O) groups excluding carboxylic acids is 1. The Hall–Kier alpha value is -4.29. The SMILES string of the molecule is CCCCCCc1ccc(C#Cc2ccc(CN(Cc3ccc(C(F)(F)F)cc3)C(=O)C(=O)O)cc2)cc1.CNCC(O)C(O)C(O)C(O)CO. The third-order valence-electron chi connectivity index (χ3n) is 7.82. The van der Waals surface area contributed by atoms with Gasteiger partial charge in [-0.15, -0.1) is 0 Å². The van der Waals surface area contributed by atoms with Gasteiger partial charge in [-0.05, 0) is 73.0 Å². The van der Waals surface area contributed by atoms with Crippen LogP contribution >= 0.6 is 0 Å². The van der Waals surface area contributed by atoms with Crippen LogP contribution in [-0.2, 0) is 35.3 Å². The van der Waals surface area contributed by atoms with Crippen LogP contribution in [0.15, 0.2) is 72.8 Å². The number of aliphatic carboxylic acids is 1. The van der Waals surface area contributed by atoms with Crippen LogP contribution < -0.4 is 5.32 Å². The number of carboxylic acids is 1. The van der Waals surface area contributed by atoms with Crippen LogP contribution in [0.1, 0.15) is 66.0 Å². The molecule has 0 bridgehead atoms. The van der Waals surface area contributed by atoms with E-state index in [9.17, 15) is 33.0 Å². The van der Waals surface area contributed by atoms with Crippen molar-refractivity contribution < 1.29 is 53.4 Å². The predicted octanol–water partition coefficient (Wildman–Crippen LogP) is 3.48. The first-order chi connectivity index (χ1) is 24.2. The maximum atomic E-state index is 12.8. The number of carboxylic acid groups (broad SMARTS) is 1. The number of likely N-dealkylation sites (N-methyl/N-ethyl adjacent to an activating group) is 1. The van der Waals surface area contributed by atoms with Crippen LogP contribution in [0.2, 0.25) is 0 Å². The number of aryl methyl sites for hydroxylation is 1. The maximum absolute atomic E-state index is 12.8. The van der Waals surface area contributed by atoms with Crippen LogP contribution in [0.25, 0.3) is 0 Å². The van der Waals surface area contributed by atoms with Gasteiger partial charge in [0.25, 0.3) is 0 Å². The van der Waals surface area contributed by atoms with E-state index in [2.05, 4.69) is 36.2 Å². The first-order valence-corrected chi connectivity index (χ1v) is 16.6. The lowest BCUT2D eigenvalue weighted by Gasteiger charge is -2.25. The van der Waals surface area contributed by atoms with Crippen LogP contribution in [-0.4, -0.2) is 92.0 Å². The number of hydrogen-bond acceptors (Lipinski definition) is 8. The number of rotatable bonds is 15. The number of unbranched alkanes of at least 4 members (excludes halogenated alkanes) is 3.